The lowest BCUT2D eigenvalue weighted by atomic mass is 10.0. The number of anilines is 2. The van der Waals surface area contributed by atoms with E-state index < -0.39 is 58.8 Å². The highest BCUT2D eigenvalue weighted by atomic mass is 32.3. The first-order valence-corrected chi connectivity index (χ1v) is 25.1. The number of aryl methyl sites for hydroxylation is 4. The summed E-state index contributed by atoms with van der Waals surface area (Å²) in [5.41, 5.74) is 3.78. The molecular weight excluding hydrogens is 954 g/mol. The topological polar surface area (TPSA) is 210 Å². The molecule has 0 fully saturated rings. The number of hydrogen-bond acceptors (Lipinski definition) is 10. The van der Waals surface area contributed by atoms with Gasteiger partial charge in [0.1, 0.15) is 19.1 Å². The van der Waals surface area contributed by atoms with Gasteiger partial charge in [0.15, 0.2) is 0 Å². The fraction of sp³-hybridized carbons (Fsp3) is 0.106. The molecule has 0 bridgehead atoms. The summed E-state index contributed by atoms with van der Waals surface area (Å²) in [6.45, 7) is 0. The fourth-order valence-electron chi connectivity index (χ4n) is 6.54. The van der Waals surface area contributed by atoms with Gasteiger partial charge < -0.3 is 14.9 Å². The van der Waals surface area contributed by atoms with Crippen LogP contribution in [0.2, 0.25) is 0 Å². The first kappa shape index (κ1) is 49.4. The number of sulfone groups is 1. The highest BCUT2D eigenvalue weighted by molar-refractivity contribution is 7.96. The predicted molar refractivity (Wildman–Crippen MR) is 245 cm³/mol. The second-order valence-electron chi connectivity index (χ2n) is 14.4. The number of benzene rings is 6. The Bertz CT molecular complexity index is 3240. The Balaban J connectivity index is 0.000000222. The summed E-state index contributed by atoms with van der Waals surface area (Å²) in [5.74, 6) is -2.90. The van der Waals surface area contributed by atoms with E-state index >= 15 is 0 Å². The molecule has 1 heterocycles. The van der Waals surface area contributed by atoms with Crippen molar-refractivity contribution in [1.82, 2.24) is 0 Å². The first-order valence-electron chi connectivity index (χ1n) is 19.8. The number of carbonyl (C=O) groups is 2. The number of ether oxygens (including phenoxy) is 1. The maximum absolute atomic E-state index is 13.1. The van der Waals surface area contributed by atoms with Gasteiger partial charge in [0.2, 0.25) is 9.84 Å². The number of rotatable bonds is 17. The third-order valence-electron chi connectivity index (χ3n) is 9.74. The molecule has 348 valence electrons. The SMILES string of the molecule is O=C(O)c1cccc(CCc2ccccc2NS(=O)(=O)c2ccc(S(=O)(=O)c3ccccc3)s2)c1.O=C(O)c1cccc(CCc2ccccc2NS(=O)(=O)c2ccccc2OC(F)(F)F)c1. The van der Waals surface area contributed by atoms with Gasteiger partial charge in [-0.25, -0.2) is 34.8 Å². The molecule has 67 heavy (non-hydrogen) atoms. The number of carboxylic acids is 2. The largest absolute Gasteiger partial charge is 0.573 e. The molecule has 0 aliphatic rings. The Morgan fingerprint density at radius 2 is 0.985 bits per heavy atom. The second kappa shape index (κ2) is 21.1. The van der Waals surface area contributed by atoms with Crippen LogP contribution in [0.4, 0.5) is 24.5 Å². The molecule has 0 saturated heterocycles. The van der Waals surface area contributed by atoms with Gasteiger partial charge in [-0.1, -0.05) is 91.0 Å². The molecule has 7 rings (SSSR count). The van der Waals surface area contributed by atoms with Crippen LogP contribution >= 0.6 is 11.3 Å². The number of nitrogens with one attached hydrogen (secondary N) is 2. The molecule has 20 heteroatoms. The van der Waals surface area contributed by atoms with Crippen molar-refractivity contribution in [3.05, 3.63) is 197 Å². The van der Waals surface area contributed by atoms with Crippen LogP contribution < -0.4 is 14.2 Å². The van der Waals surface area contributed by atoms with Gasteiger partial charge in [0.25, 0.3) is 20.0 Å². The summed E-state index contributed by atoms with van der Waals surface area (Å²) in [7, 11) is -12.2. The standard InChI is InChI=1S/C25H21NO6S3.C22H18F3NO5S/c27-25(28)20-9-6-7-18(17-20)13-14-19-8-4-5-12-22(19)26-35(31,32)24-16-15-23(33-24)34(29,30)21-10-2-1-3-11-21;23-22(24,25)31-19-10-3-4-11-20(19)32(29,30)26-18-9-2-1-7-16(18)13-12-15-6-5-8-17(14-15)21(27)28/h1-12,15-17,26H,13-14H2,(H,27,28);1-11,14,26H,12-13H2,(H,27,28). The molecule has 4 N–H and O–H groups in total. The van der Waals surface area contributed by atoms with Gasteiger partial charge in [0.05, 0.1) is 27.4 Å². The fourth-order valence-corrected chi connectivity index (χ4v) is 12.1. The van der Waals surface area contributed by atoms with Crippen LogP contribution in [-0.4, -0.2) is 53.8 Å². The molecule has 7 aromatic rings. The smallest absolute Gasteiger partial charge is 0.478 e. The van der Waals surface area contributed by atoms with Crippen LogP contribution in [-0.2, 0) is 55.6 Å². The maximum atomic E-state index is 13.1. The molecule has 6 aromatic carbocycles. The molecule has 13 nitrogen and oxygen atoms in total. The highest BCUT2D eigenvalue weighted by Crippen LogP contribution is 2.33. The number of para-hydroxylation sites is 3. The summed E-state index contributed by atoms with van der Waals surface area (Å²) in [6.07, 6.45) is -3.28. The molecule has 0 aliphatic heterocycles. The van der Waals surface area contributed by atoms with Crippen LogP contribution in [0.3, 0.4) is 0 Å². The van der Waals surface area contributed by atoms with Crippen LogP contribution in [0.5, 0.6) is 5.75 Å². The van der Waals surface area contributed by atoms with Crippen molar-refractivity contribution < 1.29 is 63.0 Å². The molecule has 0 amide bonds. The van der Waals surface area contributed by atoms with E-state index in [1.54, 1.807) is 84.9 Å². The number of aromatic carboxylic acids is 2. The molecule has 0 spiro atoms. The molecule has 0 aliphatic carbocycles. The first-order chi connectivity index (χ1) is 31.7. The van der Waals surface area contributed by atoms with E-state index in [9.17, 15) is 53.1 Å². The number of halogens is 3. The zero-order chi connectivity index (χ0) is 48.4. The zero-order valence-corrected chi connectivity index (χ0v) is 38.0. The van der Waals surface area contributed by atoms with E-state index in [0.29, 0.717) is 48.3 Å². The number of alkyl halides is 3. The van der Waals surface area contributed by atoms with Gasteiger partial charge in [0, 0.05) is 0 Å². The Labute approximate surface area is 388 Å². The van der Waals surface area contributed by atoms with E-state index in [1.165, 1.54) is 60.7 Å². The lowest BCUT2D eigenvalue weighted by Crippen LogP contribution is -2.21. The Morgan fingerprint density at radius 3 is 1.51 bits per heavy atom. The minimum Gasteiger partial charge on any atom is -0.478 e. The minimum absolute atomic E-state index is 0.0596. The van der Waals surface area contributed by atoms with E-state index in [1.807, 2.05) is 6.07 Å². The summed E-state index contributed by atoms with van der Waals surface area (Å²) in [4.78, 5) is 21.8. The second-order valence-corrected chi connectivity index (χ2v) is 21.2. The van der Waals surface area contributed by atoms with Crippen LogP contribution in [0, 0.1) is 0 Å². The van der Waals surface area contributed by atoms with E-state index in [-0.39, 0.29) is 30.1 Å². The summed E-state index contributed by atoms with van der Waals surface area (Å²) >= 11 is 0.687. The van der Waals surface area contributed by atoms with Crippen LogP contribution in [0.15, 0.2) is 182 Å². The zero-order valence-electron chi connectivity index (χ0n) is 34.8. The average molecular weight is 993 g/mol. The normalized spacial score (nSPS) is 11.7. The predicted octanol–water partition coefficient (Wildman–Crippen LogP) is 9.73. The van der Waals surface area contributed by atoms with Gasteiger partial charge in [-0.3, -0.25) is 9.44 Å². The van der Waals surface area contributed by atoms with E-state index in [4.69, 9.17) is 5.11 Å². The van der Waals surface area contributed by atoms with Gasteiger partial charge >= 0.3 is 18.3 Å². The van der Waals surface area contributed by atoms with Crippen molar-refractivity contribution >= 4 is 64.5 Å². The van der Waals surface area contributed by atoms with Crippen molar-refractivity contribution in [1.29, 1.82) is 0 Å². The van der Waals surface area contributed by atoms with Crippen molar-refractivity contribution in [3.63, 3.8) is 0 Å². The minimum atomic E-state index is -5.05. The van der Waals surface area contributed by atoms with Gasteiger partial charge in [-0.05, 0) is 121 Å². The summed E-state index contributed by atoms with van der Waals surface area (Å²) in [6, 6.07) is 41.2. The summed E-state index contributed by atoms with van der Waals surface area (Å²) < 4.78 is 124. The quantitative estimate of drug-likeness (QED) is 0.0675. The molecule has 1 aromatic heterocycles. The molecular formula is C47H39F3N2O11S4. The van der Waals surface area contributed by atoms with Crippen molar-refractivity contribution in [2.45, 2.75) is 50.3 Å². The molecule has 0 unspecified atom stereocenters. The third kappa shape index (κ3) is 13.3. The number of sulfonamides is 2. The number of thiophene rings is 1. The number of carboxylic acid groups (broad SMARTS) is 2. The van der Waals surface area contributed by atoms with E-state index in [2.05, 4.69) is 14.2 Å². The lowest BCUT2D eigenvalue weighted by molar-refractivity contribution is -0.275. The molecule has 0 radical (unpaired) electrons. The molecule has 0 atom stereocenters. The van der Waals surface area contributed by atoms with Gasteiger partial charge in [-0.2, -0.15) is 0 Å². The van der Waals surface area contributed by atoms with Gasteiger partial charge in [-0.15, -0.1) is 24.5 Å². The monoisotopic (exact) mass is 992 g/mol. The average Bonchev–Trinajstić information content (AvgIpc) is 3.82. The van der Waals surface area contributed by atoms with Crippen molar-refractivity contribution in [2.75, 3.05) is 9.44 Å². The van der Waals surface area contributed by atoms with Crippen LogP contribution in [0.25, 0.3) is 0 Å². The van der Waals surface area contributed by atoms with E-state index in [0.717, 1.165) is 28.8 Å². The van der Waals surface area contributed by atoms with Crippen molar-refractivity contribution in [3.8, 4) is 5.75 Å². The lowest BCUT2D eigenvalue weighted by Gasteiger charge is -2.16. The number of hydrogen-bond donors (Lipinski definition) is 4. The third-order valence-corrected chi connectivity index (χ3v) is 16.4. The Hall–Kier alpha value is -7.00. The Morgan fingerprint density at radius 1 is 0.522 bits per heavy atom. The van der Waals surface area contributed by atoms with Crippen molar-refractivity contribution in [2.24, 2.45) is 0 Å². The molecule has 0 saturated carbocycles. The Kier molecular flexibility index (Phi) is 15.6. The van der Waals surface area contributed by atoms with Crippen LogP contribution in [0.1, 0.15) is 43.0 Å². The maximum Gasteiger partial charge on any atom is 0.573 e. The highest BCUT2D eigenvalue weighted by Gasteiger charge is 2.34. The summed E-state index contributed by atoms with van der Waals surface area (Å²) in [5, 5.41) is 18.3.